The molecule has 2 amide bonds. The van der Waals surface area contributed by atoms with E-state index in [2.05, 4.69) is 5.32 Å². The summed E-state index contributed by atoms with van der Waals surface area (Å²) in [4.78, 5) is 54.2. The minimum atomic E-state index is -1.81. The molecule has 4 atom stereocenters. The number of fused-ring (bicyclic) bond motifs is 1. The number of phenols is 1. The molecule has 2 aliphatic heterocycles. The standard InChI is InChI=1S/C36H30N2O6/c1-22(39)26-15-17-28(18-16-26)38-33(41)30-31(34(38)42)36(35(43)44,21-25-11-19-29(40)20-12-25)37-32(30)27-13-9-24(10-14-27)8-7-23-5-3-2-4-6-23/h2-20,30-32,37,40H,21H2,1H3,(H,43,44)/b8-7+. The van der Waals surface area contributed by atoms with Gasteiger partial charge in [-0.05, 0) is 65.6 Å². The smallest absolute Gasteiger partial charge is 0.325 e. The van der Waals surface area contributed by atoms with Crippen LogP contribution in [0, 0.1) is 11.8 Å². The Morgan fingerprint density at radius 1 is 0.818 bits per heavy atom. The van der Waals surface area contributed by atoms with E-state index in [-0.39, 0.29) is 23.6 Å². The number of carboxylic acids is 1. The van der Waals surface area contributed by atoms with E-state index in [1.807, 2.05) is 66.7 Å². The first-order chi connectivity index (χ1) is 21.2. The van der Waals surface area contributed by atoms with E-state index < -0.39 is 41.2 Å². The number of anilines is 1. The summed E-state index contributed by atoms with van der Waals surface area (Å²) in [7, 11) is 0. The summed E-state index contributed by atoms with van der Waals surface area (Å²) in [6, 6.07) is 28.9. The van der Waals surface area contributed by atoms with Crippen LogP contribution < -0.4 is 10.2 Å². The third-order valence-corrected chi connectivity index (χ3v) is 8.55. The van der Waals surface area contributed by atoms with Crippen molar-refractivity contribution in [2.75, 3.05) is 4.90 Å². The second-order valence-electron chi connectivity index (χ2n) is 11.3. The molecule has 0 bridgehead atoms. The molecule has 3 N–H and O–H groups in total. The predicted molar refractivity (Wildman–Crippen MR) is 166 cm³/mol. The summed E-state index contributed by atoms with van der Waals surface area (Å²) in [6.07, 6.45) is 3.86. The Hall–Kier alpha value is -5.34. The van der Waals surface area contributed by atoms with Crippen LogP contribution in [0.25, 0.3) is 12.2 Å². The molecule has 0 aromatic heterocycles. The van der Waals surface area contributed by atoms with E-state index in [1.54, 1.807) is 24.3 Å². The predicted octanol–water partition coefficient (Wildman–Crippen LogP) is 5.28. The highest BCUT2D eigenvalue weighted by atomic mass is 16.4. The number of Topliss-reactive ketones (excluding diaryl/α,β-unsaturated/α-hetero) is 1. The first kappa shape index (κ1) is 28.8. The van der Waals surface area contributed by atoms with Gasteiger partial charge < -0.3 is 10.2 Å². The molecule has 220 valence electrons. The van der Waals surface area contributed by atoms with E-state index in [4.69, 9.17) is 0 Å². The molecule has 44 heavy (non-hydrogen) atoms. The third-order valence-electron chi connectivity index (χ3n) is 8.55. The largest absolute Gasteiger partial charge is 0.508 e. The minimum Gasteiger partial charge on any atom is -0.508 e. The van der Waals surface area contributed by atoms with Crippen molar-refractivity contribution >= 4 is 41.4 Å². The van der Waals surface area contributed by atoms with Crippen LogP contribution >= 0.6 is 0 Å². The molecule has 0 spiro atoms. The molecule has 2 fully saturated rings. The number of imide groups is 1. The molecule has 4 aromatic rings. The number of nitrogens with one attached hydrogen (secondary N) is 1. The maximum Gasteiger partial charge on any atom is 0.325 e. The highest BCUT2D eigenvalue weighted by molar-refractivity contribution is 6.24. The monoisotopic (exact) mass is 586 g/mol. The van der Waals surface area contributed by atoms with Crippen molar-refractivity contribution in [2.45, 2.75) is 24.9 Å². The van der Waals surface area contributed by atoms with Gasteiger partial charge in [-0.15, -0.1) is 0 Å². The Bertz CT molecular complexity index is 1760. The average molecular weight is 587 g/mol. The summed E-state index contributed by atoms with van der Waals surface area (Å²) >= 11 is 0. The molecule has 2 saturated heterocycles. The number of benzene rings is 4. The first-order valence-corrected chi connectivity index (χ1v) is 14.3. The van der Waals surface area contributed by atoms with Crippen LogP contribution in [0.3, 0.4) is 0 Å². The Balaban J connectivity index is 1.40. The lowest BCUT2D eigenvalue weighted by Crippen LogP contribution is -2.57. The number of aromatic hydroxyl groups is 1. The van der Waals surface area contributed by atoms with E-state index in [9.17, 15) is 29.4 Å². The molecule has 8 heteroatoms. The first-order valence-electron chi connectivity index (χ1n) is 14.3. The molecule has 6 rings (SSSR count). The summed E-state index contributed by atoms with van der Waals surface area (Å²) in [5.74, 6) is -4.70. The van der Waals surface area contributed by atoms with Crippen LogP contribution in [0.15, 0.2) is 103 Å². The number of hydrogen-bond acceptors (Lipinski definition) is 6. The summed E-state index contributed by atoms with van der Waals surface area (Å²) < 4.78 is 0. The van der Waals surface area contributed by atoms with Crippen molar-refractivity contribution < 1.29 is 29.4 Å². The van der Waals surface area contributed by atoms with Gasteiger partial charge in [-0.25, -0.2) is 4.90 Å². The fourth-order valence-corrected chi connectivity index (χ4v) is 6.33. The molecule has 2 aliphatic rings. The van der Waals surface area contributed by atoms with Crippen LogP contribution in [0.4, 0.5) is 5.69 Å². The van der Waals surface area contributed by atoms with Crippen LogP contribution in [0.2, 0.25) is 0 Å². The number of carbonyl (C=O) groups excluding carboxylic acids is 3. The lowest BCUT2D eigenvalue weighted by molar-refractivity contribution is -0.148. The quantitative estimate of drug-likeness (QED) is 0.146. The highest BCUT2D eigenvalue weighted by Crippen LogP contribution is 2.51. The SMILES string of the molecule is CC(=O)c1ccc(N2C(=O)C3C(c4ccc(/C=C/c5ccccc5)cc4)NC(Cc4ccc(O)cc4)(C(=O)O)C3C2=O)cc1. The minimum absolute atomic E-state index is 0.0296. The molecule has 0 saturated carbocycles. The van der Waals surface area contributed by atoms with Gasteiger partial charge in [-0.2, -0.15) is 0 Å². The van der Waals surface area contributed by atoms with Crippen molar-refractivity contribution in [3.63, 3.8) is 0 Å². The van der Waals surface area contributed by atoms with Crippen molar-refractivity contribution in [3.05, 3.63) is 131 Å². The van der Waals surface area contributed by atoms with Crippen LogP contribution in [0.5, 0.6) is 5.75 Å². The van der Waals surface area contributed by atoms with E-state index in [0.29, 0.717) is 16.7 Å². The second-order valence-corrected chi connectivity index (χ2v) is 11.3. The molecule has 2 heterocycles. The topological polar surface area (TPSA) is 124 Å². The lowest BCUT2D eigenvalue weighted by Gasteiger charge is -2.31. The highest BCUT2D eigenvalue weighted by Gasteiger charge is 2.68. The fourth-order valence-electron chi connectivity index (χ4n) is 6.33. The summed E-state index contributed by atoms with van der Waals surface area (Å²) in [5.41, 5.74) is 2.14. The number of ketones is 1. The van der Waals surface area contributed by atoms with E-state index in [0.717, 1.165) is 16.0 Å². The van der Waals surface area contributed by atoms with Gasteiger partial charge in [-0.3, -0.25) is 24.5 Å². The van der Waals surface area contributed by atoms with Gasteiger partial charge in [0.15, 0.2) is 5.78 Å². The second kappa shape index (κ2) is 11.4. The lowest BCUT2D eigenvalue weighted by atomic mass is 9.76. The molecule has 8 nitrogen and oxygen atoms in total. The average Bonchev–Trinajstić information content (AvgIpc) is 3.51. The normalized spacial score (nSPS) is 22.8. The maximum atomic E-state index is 14.1. The van der Waals surface area contributed by atoms with E-state index in [1.165, 1.54) is 31.2 Å². The fraction of sp³-hybridized carbons (Fsp3) is 0.167. The Morgan fingerprint density at radius 3 is 2.02 bits per heavy atom. The number of nitrogens with zero attached hydrogens (tertiary/aromatic N) is 1. The van der Waals surface area contributed by atoms with Crippen molar-refractivity contribution in [3.8, 4) is 5.75 Å². The number of carboxylic acid groups (broad SMARTS) is 1. The van der Waals surface area contributed by atoms with Crippen LogP contribution in [0.1, 0.15) is 45.6 Å². The number of phenolic OH excluding ortho intramolecular Hbond substituents is 1. The Labute approximate surface area is 254 Å². The molecule has 0 radical (unpaired) electrons. The Kier molecular flexibility index (Phi) is 7.45. The molecular weight excluding hydrogens is 556 g/mol. The maximum absolute atomic E-state index is 14.1. The zero-order valence-corrected chi connectivity index (χ0v) is 23.9. The number of aliphatic carboxylic acids is 1. The van der Waals surface area contributed by atoms with Crippen molar-refractivity contribution in [2.24, 2.45) is 11.8 Å². The molecule has 0 aliphatic carbocycles. The zero-order valence-electron chi connectivity index (χ0n) is 23.9. The third kappa shape index (κ3) is 5.09. The summed E-state index contributed by atoms with van der Waals surface area (Å²) in [5, 5.41) is 23.7. The molecular formula is C36H30N2O6. The number of rotatable bonds is 8. The summed E-state index contributed by atoms with van der Waals surface area (Å²) in [6.45, 7) is 1.43. The van der Waals surface area contributed by atoms with Gasteiger partial charge >= 0.3 is 5.97 Å². The van der Waals surface area contributed by atoms with Gasteiger partial charge in [0.25, 0.3) is 0 Å². The van der Waals surface area contributed by atoms with Crippen LogP contribution in [-0.4, -0.2) is 39.3 Å². The number of carbonyl (C=O) groups is 4. The van der Waals surface area contributed by atoms with Gasteiger partial charge in [0.05, 0.1) is 17.5 Å². The molecule has 4 aromatic carbocycles. The Morgan fingerprint density at radius 2 is 1.43 bits per heavy atom. The number of hydrogen-bond donors (Lipinski definition) is 3. The zero-order chi connectivity index (χ0) is 31.0. The van der Waals surface area contributed by atoms with Gasteiger partial charge in [0, 0.05) is 18.0 Å². The van der Waals surface area contributed by atoms with Crippen LogP contribution in [-0.2, 0) is 20.8 Å². The van der Waals surface area contributed by atoms with Crippen molar-refractivity contribution in [1.82, 2.24) is 5.32 Å². The van der Waals surface area contributed by atoms with Gasteiger partial charge in [0.2, 0.25) is 11.8 Å². The number of amides is 2. The van der Waals surface area contributed by atoms with E-state index >= 15 is 0 Å². The van der Waals surface area contributed by atoms with Gasteiger partial charge in [-0.1, -0.05) is 78.9 Å². The molecule has 4 unspecified atom stereocenters. The van der Waals surface area contributed by atoms with Crippen molar-refractivity contribution in [1.29, 1.82) is 0 Å². The van der Waals surface area contributed by atoms with Gasteiger partial charge in [0.1, 0.15) is 11.3 Å².